The second-order valence-electron chi connectivity index (χ2n) is 4.63. The molecule has 0 saturated heterocycles. The highest BCUT2D eigenvalue weighted by atomic mass is 16.6. The van der Waals surface area contributed by atoms with Crippen LogP contribution < -0.4 is 0 Å². The van der Waals surface area contributed by atoms with E-state index < -0.39 is 5.79 Å². The fourth-order valence-corrected chi connectivity index (χ4v) is 2.02. The molecule has 0 saturated carbocycles. The first-order chi connectivity index (χ1) is 8.56. The average molecular weight is 252 g/mol. The van der Waals surface area contributed by atoms with Gasteiger partial charge < -0.3 is 14.9 Å². The van der Waals surface area contributed by atoms with Gasteiger partial charge in [-0.25, -0.2) is 0 Å². The molecule has 0 amide bonds. The second kappa shape index (κ2) is 6.88. The molecule has 0 aliphatic heterocycles. The van der Waals surface area contributed by atoms with Gasteiger partial charge in [0.1, 0.15) is 0 Å². The minimum Gasteiger partial charge on any atom is -0.396 e. The van der Waals surface area contributed by atoms with Crippen molar-refractivity contribution >= 4 is 0 Å². The fraction of sp³-hybridized carbons (Fsp3) is 0.600. The van der Waals surface area contributed by atoms with Crippen molar-refractivity contribution in [2.75, 3.05) is 6.61 Å². The highest BCUT2D eigenvalue weighted by Gasteiger charge is 2.28. The number of aryl methyl sites for hydroxylation is 1. The van der Waals surface area contributed by atoms with Crippen molar-refractivity contribution < 1.29 is 14.9 Å². The molecule has 3 heteroatoms. The summed E-state index contributed by atoms with van der Waals surface area (Å²) in [4.78, 5) is 0. The molecule has 0 aromatic heterocycles. The normalized spacial score (nSPS) is 13.6. The fourth-order valence-electron chi connectivity index (χ4n) is 2.02. The highest BCUT2D eigenvalue weighted by Crippen LogP contribution is 2.31. The molecule has 0 spiro atoms. The molecule has 0 radical (unpaired) electrons. The SMILES string of the molecule is CCC(O)(CC)OC(CCO)c1ccccc1C. The van der Waals surface area contributed by atoms with E-state index in [0.29, 0.717) is 19.3 Å². The van der Waals surface area contributed by atoms with Crippen LogP contribution in [0.3, 0.4) is 0 Å². The van der Waals surface area contributed by atoms with Gasteiger partial charge in [0.2, 0.25) is 0 Å². The summed E-state index contributed by atoms with van der Waals surface area (Å²) in [5, 5.41) is 19.4. The van der Waals surface area contributed by atoms with Crippen molar-refractivity contribution in [2.24, 2.45) is 0 Å². The second-order valence-corrected chi connectivity index (χ2v) is 4.63. The van der Waals surface area contributed by atoms with Gasteiger partial charge in [-0.3, -0.25) is 0 Å². The Kier molecular flexibility index (Phi) is 5.79. The number of hydrogen-bond acceptors (Lipinski definition) is 3. The van der Waals surface area contributed by atoms with E-state index in [1.165, 1.54) is 0 Å². The minimum absolute atomic E-state index is 0.0442. The number of benzene rings is 1. The molecule has 0 aliphatic rings. The Balaban J connectivity index is 2.93. The molecule has 0 fully saturated rings. The molecular formula is C15H24O3. The van der Waals surface area contributed by atoms with E-state index in [2.05, 4.69) is 0 Å². The smallest absolute Gasteiger partial charge is 0.165 e. The molecule has 2 N–H and O–H groups in total. The third-order valence-corrected chi connectivity index (χ3v) is 3.39. The lowest BCUT2D eigenvalue weighted by Crippen LogP contribution is -2.32. The van der Waals surface area contributed by atoms with Crippen LogP contribution in [0.5, 0.6) is 0 Å². The van der Waals surface area contributed by atoms with Gasteiger partial charge in [-0.1, -0.05) is 38.1 Å². The summed E-state index contributed by atoms with van der Waals surface area (Å²) in [6.07, 6.45) is 1.31. The summed E-state index contributed by atoms with van der Waals surface area (Å²) in [6.45, 7) is 5.86. The lowest BCUT2D eigenvalue weighted by Gasteiger charge is -2.31. The molecule has 0 heterocycles. The molecule has 1 atom stereocenters. The quantitative estimate of drug-likeness (QED) is 0.734. The van der Waals surface area contributed by atoms with Crippen LogP contribution in [0.15, 0.2) is 24.3 Å². The summed E-state index contributed by atoms with van der Waals surface area (Å²) in [5.41, 5.74) is 2.15. The monoisotopic (exact) mass is 252 g/mol. The van der Waals surface area contributed by atoms with Crippen LogP contribution in [-0.2, 0) is 4.74 Å². The van der Waals surface area contributed by atoms with Gasteiger partial charge in [-0.2, -0.15) is 0 Å². The summed E-state index contributed by atoms with van der Waals surface area (Å²) in [6, 6.07) is 7.93. The maximum atomic E-state index is 10.3. The summed E-state index contributed by atoms with van der Waals surface area (Å²) in [7, 11) is 0. The van der Waals surface area contributed by atoms with Gasteiger partial charge in [-0.05, 0) is 30.9 Å². The number of ether oxygens (including phenoxy) is 1. The minimum atomic E-state index is -1.11. The van der Waals surface area contributed by atoms with E-state index in [4.69, 9.17) is 9.84 Å². The number of rotatable bonds is 7. The molecule has 18 heavy (non-hydrogen) atoms. The van der Waals surface area contributed by atoms with E-state index in [1.807, 2.05) is 45.0 Å². The molecule has 3 nitrogen and oxygen atoms in total. The Morgan fingerprint density at radius 1 is 1.22 bits per heavy atom. The zero-order valence-electron chi connectivity index (χ0n) is 11.5. The van der Waals surface area contributed by atoms with Crippen LogP contribution >= 0.6 is 0 Å². The van der Waals surface area contributed by atoms with Crippen LogP contribution in [-0.4, -0.2) is 22.6 Å². The van der Waals surface area contributed by atoms with Crippen molar-refractivity contribution in [2.45, 2.75) is 51.9 Å². The maximum absolute atomic E-state index is 10.3. The van der Waals surface area contributed by atoms with Crippen LogP contribution in [0.4, 0.5) is 0 Å². The third kappa shape index (κ3) is 3.80. The number of aliphatic hydroxyl groups excluding tert-OH is 1. The van der Waals surface area contributed by atoms with Crippen molar-refractivity contribution in [3.63, 3.8) is 0 Å². The van der Waals surface area contributed by atoms with Crippen LogP contribution in [0, 0.1) is 6.92 Å². The molecule has 0 aliphatic carbocycles. The summed E-state index contributed by atoms with van der Waals surface area (Å²) in [5.74, 6) is -1.11. The van der Waals surface area contributed by atoms with Crippen molar-refractivity contribution in [1.82, 2.24) is 0 Å². The van der Waals surface area contributed by atoms with E-state index in [9.17, 15) is 5.11 Å². The maximum Gasteiger partial charge on any atom is 0.165 e. The molecule has 1 aromatic rings. The standard InChI is InChI=1S/C15H24O3/c1-4-15(17,5-2)18-14(10-11-16)13-9-7-6-8-12(13)3/h6-9,14,16-17H,4-5,10-11H2,1-3H3. The topological polar surface area (TPSA) is 49.7 Å². The van der Waals surface area contributed by atoms with Crippen molar-refractivity contribution in [3.05, 3.63) is 35.4 Å². The highest BCUT2D eigenvalue weighted by molar-refractivity contribution is 5.27. The van der Waals surface area contributed by atoms with E-state index >= 15 is 0 Å². The molecular weight excluding hydrogens is 228 g/mol. The molecule has 1 rings (SSSR count). The molecule has 0 bridgehead atoms. The lowest BCUT2D eigenvalue weighted by atomic mass is 10.0. The van der Waals surface area contributed by atoms with Gasteiger partial charge >= 0.3 is 0 Å². The first-order valence-electron chi connectivity index (χ1n) is 6.63. The predicted molar refractivity (Wildman–Crippen MR) is 72.2 cm³/mol. The average Bonchev–Trinajstić information content (AvgIpc) is 2.39. The Morgan fingerprint density at radius 2 is 1.83 bits per heavy atom. The van der Waals surface area contributed by atoms with Gasteiger partial charge in [0.05, 0.1) is 6.10 Å². The number of aliphatic hydroxyl groups is 2. The molecule has 102 valence electrons. The van der Waals surface area contributed by atoms with Crippen LogP contribution in [0.2, 0.25) is 0 Å². The first kappa shape index (κ1) is 15.2. The first-order valence-corrected chi connectivity index (χ1v) is 6.63. The van der Waals surface area contributed by atoms with Crippen molar-refractivity contribution in [3.8, 4) is 0 Å². The molecule has 1 aromatic carbocycles. The molecule has 1 unspecified atom stereocenters. The van der Waals surface area contributed by atoms with E-state index in [1.54, 1.807) is 0 Å². The third-order valence-electron chi connectivity index (χ3n) is 3.39. The van der Waals surface area contributed by atoms with Gasteiger partial charge in [0.15, 0.2) is 5.79 Å². The summed E-state index contributed by atoms with van der Waals surface area (Å²) >= 11 is 0. The van der Waals surface area contributed by atoms with E-state index in [0.717, 1.165) is 11.1 Å². The Labute approximate surface area is 109 Å². The lowest BCUT2D eigenvalue weighted by molar-refractivity contribution is -0.237. The Bertz CT molecular complexity index is 359. The van der Waals surface area contributed by atoms with Crippen LogP contribution in [0.1, 0.15) is 50.3 Å². The zero-order chi connectivity index (χ0) is 13.6. The van der Waals surface area contributed by atoms with E-state index in [-0.39, 0.29) is 12.7 Å². The van der Waals surface area contributed by atoms with Crippen molar-refractivity contribution in [1.29, 1.82) is 0 Å². The van der Waals surface area contributed by atoms with Crippen LogP contribution in [0.25, 0.3) is 0 Å². The van der Waals surface area contributed by atoms with Gasteiger partial charge in [0.25, 0.3) is 0 Å². The Morgan fingerprint density at radius 3 is 2.33 bits per heavy atom. The predicted octanol–water partition coefficient (Wildman–Crippen LogP) is 2.94. The summed E-state index contributed by atoms with van der Waals surface area (Å²) < 4.78 is 5.84. The van der Waals surface area contributed by atoms with Gasteiger partial charge in [-0.15, -0.1) is 0 Å². The zero-order valence-corrected chi connectivity index (χ0v) is 11.5. The number of hydrogen-bond donors (Lipinski definition) is 2. The largest absolute Gasteiger partial charge is 0.396 e. The van der Waals surface area contributed by atoms with Gasteiger partial charge in [0, 0.05) is 13.0 Å². The Hall–Kier alpha value is -0.900.